The molecule has 11 heteroatoms. The molecule has 1 aromatic carbocycles. The quantitative estimate of drug-likeness (QED) is 0.399. The van der Waals surface area contributed by atoms with Gasteiger partial charge in [0.15, 0.2) is 0 Å². The summed E-state index contributed by atoms with van der Waals surface area (Å²) in [7, 11) is 1.37. The molecular formula is C19H18ClF4N3O3. The third-order valence-electron chi connectivity index (χ3n) is 4.31. The van der Waals surface area contributed by atoms with E-state index in [1.165, 1.54) is 33.0 Å². The lowest BCUT2D eigenvalue weighted by molar-refractivity contribution is -0.160. The molecule has 1 aromatic heterocycles. The number of carbonyl (C=O) groups excluding carboxylic acids is 3. The number of amides is 2. The van der Waals surface area contributed by atoms with E-state index in [0.717, 1.165) is 16.8 Å². The van der Waals surface area contributed by atoms with Crippen LogP contribution in [0.2, 0.25) is 5.02 Å². The van der Waals surface area contributed by atoms with Crippen LogP contribution >= 0.6 is 11.6 Å². The number of nitrogens with one attached hydrogen (secondary N) is 2. The van der Waals surface area contributed by atoms with E-state index in [9.17, 15) is 31.9 Å². The Kier molecular flexibility index (Phi) is 6.91. The molecule has 30 heavy (non-hydrogen) atoms. The van der Waals surface area contributed by atoms with Gasteiger partial charge in [-0.3, -0.25) is 14.4 Å². The molecule has 0 aliphatic heterocycles. The first-order chi connectivity index (χ1) is 13.9. The number of rotatable bonds is 6. The third kappa shape index (κ3) is 4.99. The first-order valence-corrected chi connectivity index (χ1v) is 9.08. The van der Waals surface area contributed by atoms with Crippen LogP contribution in [-0.2, 0) is 11.8 Å². The standard InChI is InChI=1S/C19H18ClF4N3O3/c1-4-13(19(22,23)24)26-18(30)16(28)11-8-27(3)15(14(11)20)17(29)25-10-5-6-12(21)9(2)7-10/h5-8,13H,4H2,1-3H3,(H,25,29)(H,26,30)/t13-/m1/s1. The molecule has 0 aliphatic carbocycles. The molecule has 2 aromatic rings. The topological polar surface area (TPSA) is 80.2 Å². The summed E-state index contributed by atoms with van der Waals surface area (Å²) in [4.78, 5) is 36.9. The van der Waals surface area contributed by atoms with Crippen LogP contribution in [0.1, 0.15) is 39.8 Å². The van der Waals surface area contributed by atoms with Crippen molar-refractivity contribution in [3.05, 3.63) is 52.1 Å². The Morgan fingerprint density at radius 2 is 1.87 bits per heavy atom. The minimum Gasteiger partial charge on any atom is -0.345 e. The number of hydrogen-bond donors (Lipinski definition) is 2. The molecule has 1 heterocycles. The summed E-state index contributed by atoms with van der Waals surface area (Å²) in [6, 6.07) is 1.66. The number of carbonyl (C=O) groups is 3. The average Bonchev–Trinajstić information content (AvgIpc) is 2.95. The van der Waals surface area contributed by atoms with Gasteiger partial charge in [-0.15, -0.1) is 0 Å². The van der Waals surface area contributed by atoms with Crippen LogP contribution in [0, 0.1) is 12.7 Å². The van der Waals surface area contributed by atoms with Crippen LogP contribution < -0.4 is 10.6 Å². The molecule has 2 N–H and O–H groups in total. The van der Waals surface area contributed by atoms with E-state index in [4.69, 9.17) is 11.6 Å². The second-order valence-corrected chi connectivity index (χ2v) is 6.92. The number of benzene rings is 1. The largest absolute Gasteiger partial charge is 0.408 e. The van der Waals surface area contributed by atoms with E-state index < -0.39 is 52.6 Å². The Bertz CT molecular complexity index is 1000. The predicted octanol–water partition coefficient (Wildman–Crippen LogP) is 4.02. The van der Waals surface area contributed by atoms with E-state index >= 15 is 0 Å². The van der Waals surface area contributed by atoms with Gasteiger partial charge in [-0.2, -0.15) is 13.2 Å². The summed E-state index contributed by atoms with van der Waals surface area (Å²) < 4.78 is 53.0. The van der Waals surface area contributed by atoms with Crippen molar-refractivity contribution in [2.24, 2.45) is 7.05 Å². The maximum absolute atomic E-state index is 13.4. The van der Waals surface area contributed by atoms with Gasteiger partial charge < -0.3 is 15.2 Å². The number of alkyl halides is 3. The zero-order valence-corrected chi connectivity index (χ0v) is 16.9. The van der Waals surface area contributed by atoms with Gasteiger partial charge in [-0.25, -0.2) is 4.39 Å². The van der Waals surface area contributed by atoms with Crippen LogP contribution in [0.15, 0.2) is 24.4 Å². The van der Waals surface area contributed by atoms with Crippen molar-refractivity contribution in [1.29, 1.82) is 0 Å². The number of hydrogen-bond acceptors (Lipinski definition) is 3. The lowest BCUT2D eigenvalue weighted by Crippen LogP contribution is -2.47. The van der Waals surface area contributed by atoms with Gasteiger partial charge in [0, 0.05) is 18.9 Å². The Hall–Kier alpha value is -2.88. The average molecular weight is 448 g/mol. The summed E-state index contributed by atoms with van der Waals surface area (Å²) in [6.45, 7) is 2.71. The monoisotopic (exact) mass is 447 g/mol. The number of halogens is 5. The second-order valence-electron chi connectivity index (χ2n) is 6.54. The molecule has 0 aliphatic rings. The van der Waals surface area contributed by atoms with Crippen LogP contribution in [0.25, 0.3) is 0 Å². The molecule has 0 bridgehead atoms. The zero-order chi connectivity index (χ0) is 22.8. The molecule has 0 radical (unpaired) electrons. The van der Waals surface area contributed by atoms with E-state index in [1.807, 2.05) is 0 Å². The molecule has 0 saturated carbocycles. The Morgan fingerprint density at radius 3 is 2.40 bits per heavy atom. The maximum Gasteiger partial charge on any atom is 0.408 e. The Labute approximate surface area is 174 Å². The fourth-order valence-corrected chi connectivity index (χ4v) is 3.04. The molecule has 0 unspecified atom stereocenters. The minimum atomic E-state index is -4.72. The zero-order valence-electron chi connectivity index (χ0n) is 16.2. The second kappa shape index (κ2) is 8.86. The van der Waals surface area contributed by atoms with E-state index in [-0.39, 0.29) is 16.9 Å². The lowest BCUT2D eigenvalue weighted by atomic mass is 10.1. The first kappa shape index (κ1) is 23.4. The highest BCUT2D eigenvalue weighted by molar-refractivity contribution is 6.48. The predicted molar refractivity (Wildman–Crippen MR) is 102 cm³/mol. The molecule has 0 saturated heterocycles. The lowest BCUT2D eigenvalue weighted by Gasteiger charge is -2.19. The van der Waals surface area contributed by atoms with Gasteiger partial charge in [0.2, 0.25) is 0 Å². The first-order valence-electron chi connectivity index (χ1n) is 8.71. The van der Waals surface area contributed by atoms with Crippen molar-refractivity contribution in [3.63, 3.8) is 0 Å². The van der Waals surface area contributed by atoms with Crippen LogP contribution in [0.3, 0.4) is 0 Å². The number of aromatic nitrogens is 1. The number of ketones is 1. The van der Waals surface area contributed by atoms with Crippen molar-refractivity contribution in [2.45, 2.75) is 32.5 Å². The van der Waals surface area contributed by atoms with Gasteiger partial charge >= 0.3 is 6.18 Å². The normalized spacial score (nSPS) is 12.4. The molecular weight excluding hydrogens is 430 g/mol. The number of nitrogens with zero attached hydrogens (tertiary/aromatic N) is 1. The molecule has 162 valence electrons. The molecule has 0 fully saturated rings. The minimum absolute atomic E-state index is 0.197. The summed E-state index contributed by atoms with van der Waals surface area (Å²) in [5.74, 6) is -4.02. The SMILES string of the molecule is CC[C@@H](NC(=O)C(=O)c1cn(C)c(C(=O)Nc2ccc(F)c(C)c2)c1Cl)C(F)(F)F. The van der Waals surface area contributed by atoms with E-state index in [2.05, 4.69) is 5.32 Å². The summed E-state index contributed by atoms with van der Waals surface area (Å²) in [5, 5.41) is 3.71. The Balaban J connectivity index is 2.25. The van der Waals surface area contributed by atoms with Crippen LogP contribution in [0.5, 0.6) is 0 Å². The van der Waals surface area contributed by atoms with Gasteiger partial charge in [0.05, 0.1) is 10.6 Å². The van der Waals surface area contributed by atoms with Crippen molar-refractivity contribution < 1.29 is 31.9 Å². The Morgan fingerprint density at radius 1 is 1.23 bits per heavy atom. The highest BCUT2D eigenvalue weighted by Crippen LogP contribution is 2.26. The maximum atomic E-state index is 13.4. The van der Waals surface area contributed by atoms with E-state index in [1.54, 1.807) is 5.32 Å². The number of aryl methyl sites for hydroxylation is 2. The highest BCUT2D eigenvalue weighted by atomic mass is 35.5. The van der Waals surface area contributed by atoms with Gasteiger partial charge in [-0.1, -0.05) is 18.5 Å². The fourth-order valence-electron chi connectivity index (χ4n) is 2.69. The van der Waals surface area contributed by atoms with Gasteiger partial charge in [-0.05, 0) is 37.1 Å². The van der Waals surface area contributed by atoms with Crippen molar-refractivity contribution >= 4 is 34.9 Å². The molecule has 6 nitrogen and oxygen atoms in total. The van der Waals surface area contributed by atoms with Crippen LogP contribution in [-0.4, -0.2) is 34.4 Å². The highest BCUT2D eigenvalue weighted by Gasteiger charge is 2.40. The van der Waals surface area contributed by atoms with Gasteiger partial charge in [0.1, 0.15) is 17.6 Å². The van der Waals surface area contributed by atoms with Gasteiger partial charge in [0.25, 0.3) is 17.6 Å². The van der Waals surface area contributed by atoms with Crippen molar-refractivity contribution in [2.75, 3.05) is 5.32 Å². The molecule has 1 atom stereocenters. The summed E-state index contributed by atoms with van der Waals surface area (Å²) >= 11 is 6.08. The van der Waals surface area contributed by atoms with E-state index in [0.29, 0.717) is 0 Å². The third-order valence-corrected chi connectivity index (χ3v) is 4.69. The number of anilines is 1. The summed E-state index contributed by atoms with van der Waals surface area (Å²) in [6.07, 6.45) is -4.11. The molecule has 0 spiro atoms. The van der Waals surface area contributed by atoms with Crippen LogP contribution in [0.4, 0.5) is 23.2 Å². The summed E-state index contributed by atoms with van der Waals surface area (Å²) in [5.41, 5.74) is -0.0713. The fraction of sp³-hybridized carbons (Fsp3) is 0.316. The van der Waals surface area contributed by atoms with Crippen molar-refractivity contribution in [1.82, 2.24) is 9.88 Å². The molecule has 2 amide bonds. The van der Waals surface area contributed by atoms with Crippen molar-refractivity contribution in [3.8, 4) is 0 Å². The smallest absolute Gasteiger partial charge is 0.345 e. The number of Topliss-reactive ketones (excluding diaryl/α,β-unsaturated/α-hetero) is 1. The molecule has 2 rings (SSSR count).